The summed E-state index contributed by atoms with van der Waals surface area (Å²) in [4.78, 5) is 7.01. The van der Waals surface area contributed by atoms with Crippen molar-refractivity contribution >= 4 is 12.4 Å². The molecule has 17 heavy (non-hydrogen) atoms. The first kappa shape index (κ1) is 12.9. The van der Waals surface area contributed by atoms with Gasteiger partial charge in [-0.3, -0.25) is 0 Å². The fourth-order valence-corrected chi connectivity index (χ4v) is 2.97. The van der Waals surface area contributed by atoms with Crippen LogP contribution in [0, 0.1) is 0 Å². The van der Waals surface area contributed by atoms with Crippen molar-refractivity contribution in [1.82, 2.24) is 14.5 Å². The Morgan fingerprint density at radius 3 is 2.88 bits per heavy atom. The van der Waals surface area contributed by atoms with Crippen LogP contribution in [0.3, 0.4) is 0 Å². The van der Waals surface area contributed by atoms with Crippen LogP contribution >= 0.6 is 12.4 Å². The second-order valence-electron chi connectivity index (χ2n) is 5.26. The van der Waals surface area contributed by atoms with Crippen molar-refractivity contribution in [2.45, 2.75) is 37.8 Å². The lowest BCUT2D eigenvalue weighted by atomic mass is 10.0. The lowest BCUT2D eigenvalue weighted by Gasteiger charge is -2.23. The monoisotopic (exact) mass is 256 g/mol. The van der Waals surface area contributed by atoms with Crippen LogP contribution in [0.5, 0.6) is 0 Å². The number of likely N-dealkylation sites (N-methyl/N-ethyl adjacent to an activating group) is 1. The maximum atomic E-state index is 6.04. The lowest BCUT2D eigenvalue weighted by Crippen LogP contribution is -2.33. The first-order valence-electron chi connectivity index (χ1n) is 6.22. The number of aromatic nitrogens is 2. The molecule has 1 aromatic heterocycles. The smallest absolute Gasteiger partial charge is 0.113 e. The average molecular weight is 257 g/mol. The van der Waals surface area contributed by atoms with E-state index in [0.717, 1.165) is 25.9 Å². The molecule has 0 aliphatic carbocycles. The van der Waals surface area contributed by atoms with Gasteiger partial charge in [0.1, 0.15) is 5.82 Å². The van der Waals surface area contributed by atoms with Crippen molar-refractivity contribution in [3.05, 3.63) is 17.7 Å². The molecule has 0 amide bonds. The van der Waals surface area contributed by atoms with E-state index in [9.17, 15) is 0 Å². The quantitative estimate of drug-likeness (QED) is 0.816. The van der Waals surface area contributed by atoms with Crippen LogP contribution in [0.4, 0.5) is 0 Å². The van der Waals surface area contributed by atoms with Crippen molar-refractivity contribution in [2.75, 3.05) is 20.1 Å². The summed E-state index contributed by atoms with van der Waals surface area (Å²) in [5, 5.41) is 0. The largest absolute Gasteiger partial charge is 0.330 e. The van der Waals surface area contributed by atoms with Crippen molar-refractivity contribution in [3.8, 4) is 0 Å². The number of nitrogens with zero attached hydrogens (tertiary/aromatic N) is 3. The van der Waals surface area contributed by atoms with E-state index in [1.165, 1.54) is 24.5 Å². The predicted molar refractivity (Wildman–Crippen MR) is 70.6 cm³/mol. The van der Waals surface area contributed by atoms with E-state index in [-0.39, 0.29) is 12.4 Å². The van der Waals surface area contributed by atoms with Gasteiger partial charge in [0.2, 0.25) is 0 Å². The summed E-state index contributed by atoms with van der Waals surface area (Å²) >= 11 is 0. The Morgan fingerprint density at radius 1 is 1.35 bits per heavy atom. The summed E-state index contributed by atoms with van der Waals surface area (Å²) in [5.74, 6) is 1.89. The van der Waals surface area contributed by atoms with Gasteiger partial charge in [-0.1, -0.05) is 0 Å². The van der Waals surface area contributed by atoms with Gasteiger partial charge in [-0.2, -0.15) is 0 Å². The molecule has 0 bridgehead atoms. The van der Waals surface area contributed by atoms with Crippen LogP contribution in [0.1, 0.15) is 30.3 Å². The van der Waals surface area contributed by atoms with E-state index in [2.05, 4.69) is 27.7 Å². The Labute approximate surface area is 109 Å². The Kier molecular flexibility index (Phi) is 3.76. The Morgan fingerprint density at radius 2 is 2.18 bits per heavy atom. The third kappa shape index (κ3) is 2.34. The van der Waals surface area contributed by atoms with Gasteiger partial charge in [0.05, 0.1) is 0 Å². The molecule has 3 heterocycles. The number of imidazole rings is 1. The molecule has 2 aliphatic heterocycles. The van der Waals surface area contributed by atoms with E-state index < -0.39 is 0 Å². The van der Waals surface area contributed by atoms with Gasteiger partial charge in [0, 0.05) is 36.9 Å². The molecule has 3 rings (SSSR count). The number of aryl methyl sites for hydroxylation is 1. The molecule has 5 heteroatoms. The van der Waals surface area contributed by atoms with Crippen LogP contribution in [0.25, 0.3) is 0 Å². The topological polar surface area (TPSA) is 47.1 Å². The highest BCUT2D eigenvalue weighted by Crippen LogP contribution is 2.28. The molecule has 1 fully saturated rings. The normalized spacial score (nSPS) is 28.8. The van der Waals surface area contributed by atoms with E-state index in [1.54, 1.807) is 0 Å². The summed E-state index contributed by atoms with van der Waals surface area (Å²) in [7, 11) is 2.19. The fraction of sp³-hybridized carbons (Fsp3) is 0.750. The highest BCUT2D eigenvalue weighted by molar-refractivity contribution is 5.85. The van der Waals surface area contributed by atoms with Gasteiger partial charge in [0.25, 0.3) is 0 Å². The SMILES string of the molecule is CN1CCC(c2ncc3n2CC(N)CC3)C1.Cl. The zero-order valence-corrected chi connectivity index (χ0v) is 11.1. The molecule has 2 N–H and O–H groups in total. The Balaban J connectivity index is 0.00000108. The third-order valence-electron chi connectivity index (χ3n) is 3.91. The van der Waals surface area contributed by atoms with Crippen molar-refractivity contribution in [1.29, 1.82) is 0 Å². The number of hydrogen-bond acceptors (Lipinski definition) is 3. The predicted octanol–water partition coefficient (Wildman–Crippen LogP) is 0.998. The highest BCUT2D eigenvalue weighted by Gasteiger charge is 2.28. The molecular formula is C12H21ClN4. The van der Waals surface area contributed by atoms with Gasteiger partial charge in [-0.15, -0.1) is 12.4 Å². The minimum Gasteiger partial charge on any atom is -0.330 e. The molecule has 2 unspecified atom stereocenters. The van der Waals surface area contributed by atoms with Crippen molar-refractivity contribution < 1.29 is 0 Å². The van der Waals surface area contributed by atoms with Crippen LogP contribution in [0.2, 0.25) is 0 Å². The van der Waals surface area contributed by atoms with Gasteiger partial charge in [-0.05, 0) is 32.9 Å². The molecular weight excluding hydrogens is 236 g/mol. The molecule has 0 radical (unpaired) electrons. The van der Waals surface area contributed by atoms with Crippen LogP contribution in [0.15, 0.2) is 6.20 Å². The van der Waals surface area contributed by atoms with Crippen molar-refractivity contribution in [3.63, 3.8) is 0 Å². The minimum absolute atomic E-state index is 0. The van der Waals surface area contributed by atoms with Gasteiger partial charge in [-0.25, -0.2) is 4.98 Å². The molecule has 1 aromatic rings. The number of rotatable bonds is 1. The summed E-state index contributed by atoms with van der Waals surface area (Å²) < 4.78 is 2.37. The first-order valence-corrected chi connectivity index (χ1v) is 6.22. The second-order valence-corrected chi connectivity index (χ2v) is 5.26. The number of likely N-dealkylation sites (tertiary alicyclic amines) is 1. The van der Waals surface area contributed by atoms with Gasteiger partial charge in [0.15, 0.2) is 0 Å². The van der Waals surface area contributed by atoms with Crippen LogP contribution in [-0.2, 0) is 13.0 Å². The van der Waals surface area contributed by atoms with E-state index in [0.29, 0.717) is 12.0 Å². The number of hydrogen-bond donors (Lipinski definition) is 1. The summed E-state index contributed by atoms with van der Waals surface area (Å²) in [5.41, 5.74) is 7.43. The summed E-state index contributed by atoms with van der Waals surface area (Å²) in [6, 6.07) is 0.319. The van der Waals surface area contributed by atoms with E-state index in [1.807, 2.05) is 0 Å². The summed E-state index contributed by atoms with van der Waals surface area (Å²) in [6.07, 6.45) is 5.49. The first-order chi connectivity index (χ1) is 7.74. The van der Waals surface area contributed by atoms with Crippen LogP contribution in [-0.4, -0.2) is 40.6 Å². The number of halogens is 1. The molecule has 2 atom stereocenters. The molecule has 96 valence electrons. The van der Waals surface area contributed by atoms with Crippen molar-refractivity contribution in [2.24, 2.45) is 5.73 Å². The summed E-state index contributed by atoms with van der Waals surface area (Å²) in [6.45, 7) is 3.30. The molecule has 2 aliphatic rings. The third-order valence-corrected chi connectivity index (χ3v) is 3.91. The van der Waals surface area contributed by atoms with Crippen LogP contribution < -0.4 is 5.73 Å². The standard InChI is InChI=1S/C12H20N4.ClH/c1-15-5-4-9(7-15)12-14-6-11-3-2-10(13)8-16(11)12;/h6,9-10H,2-5,7-8,13H2,1H3;1H. The maximum absolute atomic E-state index is 6.04. The van der Waals surface area contributed by atoms with Gasteiger partial charge >= 0.3 is 0 Å². The second kappa shape index (κ2) is 4.96. The lowest BCUT2D eigenvalue weighted by molar-refractivity contribution is 0.400. The molecule has 1 saturated heterocycles. The zero-order valence-electron chi connectivity index (χ0n) is 10.3. The Hall–Kier alpha value is -0.580. The maximum Gasteiger partial charge on any atom is 0.113 e. The Bertz CT molecular complexity index is 390. The molecule has 0 aromatic carbocycles. The van der Waals surface area contributed by atoms with E-state index in [4.69, 9.17) is 5.73 Å². The molecule has 0 spiro atoms. The van der Waals surface area contributed by atoms with Gasteiger partial charge < -0.3 is 15.2 Å². The average Bonchev–Trinajstić information content (AvgIpc) is 2.83. The zero-order chi connectivity index (χ0) is 11.1. The molecule has 0 saturated carbocycles. The minimum atomic E-state index is 0. The van der Waals surface area contributed by atoms with E-state index >= 15 is 0 Å². The fourth-order valence-electron chi connectivity index (χ4n) is 2.97. The highest BCUT2D eigenvalue weighted by atomic mass is 35.5. The number of nitrogens with two attached hydrogens (primary N) is 1. The number of fused-ring (bicyclic) bond motifs is 1. The molecule has 4 nitrogen and oxygen atoms in total.